The summed E-state index contributed by atoms with van der Waals surface area (Å²) in [6.07, 6.45) is 0.447. The van der Waals surface area contributed by atoms with Crippen LogP contribution in [0.1, 0.15) is 32.8 Å². The van der Waals surface area contributed by atoms with Gasteiger partial charge in [-0.1, -0.05) is 51.5 Å². The first-order valence-electron chi connectivity index (χ1n) is 5.73. The molecule has 1 N–H and O–H groups in total. The normalized spacial score (nSPS) is 10.7. The quantitative estimate of drug-likeness (QED) is 0.480. The number of carbonyl (C=O) groups is 1. The van der Waals surface area contributed by atoms with E-state index in [0.29, 0.717) is 6.42 Å². The molecule has 0 fully saturated rings. The molecule has 2 nitrogen and oxygen atoms in total. The molecule has 1 amide bonds. The molecule has 0 heterocycles. The maximum absolute atomic E-state index is 11.0. The van der Waals surface area contributed by atoms with Crippen LogP contribution in [0.25, 0.3) is 0 Å². The third-order valence-corrected chi connectivity index (χ3v) is 3.36. The van der Waals surface area contributed by atoms with Crippen LogP contribution in [0.2, 0.25) is 0 Å². The summed E-state index contributed by atoms with van der Waals surface area (Å²) in [6.45, 7) is 6.60. The zero-order chi connectivity index (χ0) is 12.9. The molecule has 0 spiro atoms. The van der Waals surface area contributed by atoms with Gasteiger partial charge in [-0.2, -0.15) is 0 Å². The van der Waals surface area contributed by atoms with Gasteiger partial charge in [0.1, 0.15) is 0 Å². The molecule has 4 heteroatoms. The van der Waals surface area contributed by atoms with Crippen molar-refractivity contribution in [2.45, 2.75) is 37.5 Å². The first-order chi connectivity index (χ1) is 7.93. The summed E-state index contributed by atoms with van der Waals surface area (Å²) < 4.78 is 0. The number of carbonyl (C=O) groups excluding carboxylic acids is 1. The maximum Gasteiger partial charge on any atom is 1.00 e. The topological polar surface area (TPSA) is 29.1 Å². The number of hydrogen-bond acceptors (Lipinski definition) is 2. The first kappa shape index (κ1) is 17.6. The number of thioether (sulfide) groups is 1. The second-order valence-corrected chi connectivity index (χ2v) is 5.98. The smallest absolute Gasteiger partial charge is 0.361 e. The number of nitrogens with one attached hydrogen (secondary N) is 1. The molecule has 0 saturated carbocycles. The molecular formula is C14H20LiNOS. The molecule has 0 aliphatic carbocycles. The van der Waals surface area contributed by atoms with Gasteiger partial charge in [0, 0.05) is 7.05 Å². The fourth-order valence-electron chi connectivity index (χ4n) is 1.35. The molecule has 0 unspecified atom stereocenters. The Hall–Kier alpha value is -0.363. The third-order valence-electron chi connectivity index (χ3n) is 2.49. The molecule has 0 bridgehead atoms. The average molecular weight is 257 g/mol. The van der Waals surface area contributed by atoms with Gasteiger partial charge in [-0.3, -0.25) is 10.5 Å². The van der Waals surface area contributed by atoms with E-state index in [2.05, 4.69) is 50.4 Å². The third kappa shape index (κ3) is 6.00. The number of rotatable bonds is 4. The molecule has 0 radical (unpaired) electrons. The molecule has 1 aromatic rings. The van der Waals surface area contributed by atoms with Crippen LogP contribution >= 0.6 is 11.8 Å². The van der Waals surface area contributed by atoms with Gasteiger partial charge < -0.3 is 17.1 Å². The van der Waals surface area contributed by atoms with Crippen LogP contribution in [0.5, 0.6) is 0 Å². The predicted octanol–water partition coefficient (Wildman–Crippen LogP) is 0.378. The van der Waals surface area contributed by atoms with E-state index in [1.807, 2.05) is 5.75 Å². The van der Waals surface area contributed by atoms with Crippen molar-refractivity contribution in [3.05, 3.63) is 35.6 Å². The van der Waals surface area contributed by atoms with Crippen LogP contribution in [-0.4, -0.2) is 13.0 Å². The second-order valence-electron chi connectivity index (χ2n) is 4.94. The van der Waals surface area contributed by atoms with Gasteiger partial charge in [0.15, 0.2) is 5.91 Å². The maximum atomic E-state index is 11.0. The van der Waals surface area contributed by atoms with Crippen molar-refractivity contribution < 1.29 is 23.7 Å². The van der Waals surface area contributed by atoms with E-state index in [1.54, 1.807) is 18.8 Å². The van der Waals surface area contributed by atoms with Crippen molar-refractivity contribution in [1.29, 1.82) is 0 Å². The summed E-state index contributed by atoms with van der Waals surface area (Å²) in [5.74, 6) is 1.97. The summed E-state index contributed by atoms with van der Waals surface area (Å²) in [5.41, 5.74) is 1.52. The van der Waals surface area contributed by atoms with E-state index in [-0.39, 0.29) is 30.2 Å². The number of hydrogen-bond donors (Lipinski definition) is 1. The molecule has 94 valence electrons. The van der Waals surface area contributed by atoms with E-state index < -0.39 is 0 Å². The fraction of sp³-hybridized carbons (Fsp3) is 0.429. The molecule has 0 saturated heterocycles. The van der Waals surface area contributed by atoms with Crippen LogP contribution in [0.3, 0.4) is 0 Å². The molecule has 0 aliphatic rings. The minimum absolute atomic E-state index is 0. The van der Waals surface area contributed by atoms with E-state index >= 15 is 0 Å². The zero-order valence-electron chi connectivity index (χ0n) is 11.9. The molecule has 1 aromatic carbocycles. The van der Waals surface area contributed by atoms with Crippen LogP contribution < -0.4 is 24.2 Å². The Morgan fingerprint density at radius 1 is 1.28 bits per heavy atom. The van der Waals surface area contributed by atoms with Crippen LogP contribution in [0.15, 0.2) is 29.2 Å². The van der Waals surface area contributed by atoms with Gasteiger partial charge in [-0.15, -0.1) is 0 Å². The van der Waals surface area contributed by atoms with Gasteiger partial charge in [-0.05, 0) is 15.9 Å². The monoisotopic (exact) mass is 257 g/mol. The Morgan fingerprint density at radius 3 is 2.28 bits per heavy atom. The summed E-state index contributed by atoms with van der Waals surface area (Å²) >= 11 is 1.60. The van der Waals surface area contributed by atoms with Crippen molar-refractivity contribution >= 4 is 17.7 Å². The molecule has 0 atom stereocenters. The van der Waals surface area contributed by atoms with E-state index in [4.69, 9.17) is 0 Å². The van der Waals surface area contributed by atoms with Gasteiger partial charge in [0.05, 0.1) is 0 Å². The largest absolute Gasteiger partial charge is 1.00 e. The molecule has 0 aliphatic heterocycles. The predicted molar refractivity (Wildman–Crippen MR) is 74.0 cm³/mol. The number of amides is 1. The zero-order valence-corrected chi connectivity index (χ0v) is 12.7. The van der Waals surface area contributed by atoms with E-state index in [1.165, 1.54) is 10.5 Å². The average Bonchev–Trinajstić information content (AvgIpc) is 2.28. The molecule has 1 rings (SSSR count). The van der Waals surface area contributed by atoms with Gasteiger partial charge >= 0.3 is 18.9 Å². The molecule has 0 aromatic heterocycles. The second kappa shape index (κ2) is 7.94. The number of benzene rings is 1. The Bertz CT molecular complexity index is 370. The van der Waals surface area contributed by atoms with Crippen LogP contribution in [0.4, 0.5) is 0 Å². The Balaban J connectivity index is 0.00000289. The van der Waals surface area contributed by atoms with Gasteiger partial charge in [0.25, 0.3) is 0 Å². The minimum atomic E-state index is 0. The minimum Gasteiger partial charge on any atom is -0.361 e. The van der Waals surface area contributed by atoms with Crippen molar-refractivity contribution in [2.24, 2.45) is 0 Å². The van der Waals surface area contributed by atoms with Gasteiger partial charge in [-0.25, -0.2) is 0 Å². The van der Waals surface area contributed by atoms with Crippen LogP contribution in [-0.2, 0) is 10.2 Å². The first-order valence-corrected chi connectivity index (χ1v) is 6.61. The Kier molecular flexibility index (Phi) is 7.78. The molecular weight excluding hydrogens is 237 g/mol. The van der Waals surface area contributed by atoms with Gasteiger partial charge in [0.2, 0.25) is 0 Å². The van der Waals surface area contributed by atoms with E-state index in [9.17, 15) is 4.79 Å². The standard InChI is InChI=1S/C14H20NOS.Li/c1-14(2,3)11-5-7-12(8-6-11)17-10-9-13(16)15-4;/h5-8,10H,9H2,1-4H3,(H,15,16);/q-1;+1. The summed E-state index contributed by atoms with van der Waals surface area (Å²) in [5, 5.41) is 2.60. The SMILES string of the molecule is CNC(=O)C[CH-]Sc1ccc(C(C)(C)C)cc1.[Li+]. The summed E-state index contributed by atoms with van der Waals surface area (Å²) in [4.78, 5) is 12.2. The summed E-state index contributed by atoms with van der Waals surface area (Å²) in [7, 11) is 1.65. The fourth-order valence-corrected chi connectivity index (χ4v) is 2.07. The van der Waals surface area contributed by atoms with Crippen molar-refractivity contribution in [3.63, 3.8) is 0 Å². The van der Waals surface area contributed by atoms with E-state index in [0.717, 1.165) is 0 Å². The Morgan fingerprint density at radius 2 is 1.83 bits per heavy atom. The molecule has 18 heavy (non-hydrogen) atoms. The summed E-state index contributed by atoms with van der Waals surface area (Å²) in [6, 6.07) is 8.50. The van der Waals surface area contributed by atoms with Crippen molar-refractivity contribution in [1.82, 2.24) is 5.32 Å². The Labute approximate surface area is 126 Å². The van der Waals surface area contributed by atoms with Crippen molar-refractivity contribution in [2.75, 3.05) is 7.05 Å². The van der Waals surface area contributed by atoms with Crippen LogP contribution in [0, 0.1) is 5.75 Å². The van der Waals surface area contributed by atoms with Crippen molar-refractivity contribution in [3.8, 4) is 0 Å².